The topological polar surface area (TPSA) is 43.8 Å². The lowest BCUT2D eigenvalue weighted by Gasteiger charge is -2.15. The normalized spacial score (nSPS) is 12.7. The number of rotatable bonds is 5. The summed E-state index contributed by atoms with van der Waals surface area (Å²) in [6.45, 7) is 4.81. The van der Waals surface area contributed by atoms with Gasteiger partial charge in [0.05, 0.1) is 15.9 Å². The van der Waals surface area contributed by atoms with Crippen molar-refractivity contribution in [1.82, 2.24) is 9.78 Å². The van der Waals surface area contributed by atoms with E-state index in [0.29, 0.717) is 17.0 Å². The molecular weight excluding hydrogens is 357 g/mol. The molecule has 0 amide bonds. The summed E-state index contributed by atoms with van der Waals surface area (Å²) < 4.78 is 16.8. The van der Waals surface area contributed by atoms with Gasteiger partial charge in [-0.15, -0.1) is 0 Å². The van der Waals surface area contributed by atoms with Gasteiger partial charge in [0.25, 0.3) is 0 Å². The zero-order valence-electron chi connectivity index (χ0n) is 12.0. The Morgan fingerprint density at radius 2 is 2.14 bits per heavy atom. The lowest BCUT2D eigenvalue weighted by atomic mass is 10.0. The maximum Gasteiger partial charge on any atom is 0.129 e. The van der Waals surface area contributed by atoms with E-state index in [9.17, 15) is 4.39 Å². The molecule has 1 heterocycles. The highest BCUT2D eigenvalue weighted by atomic mass is 79.9. The smallest absolute Gasteiger partial charge is 0.129 e. The monoisotopic (exact) mass is 373 g/mol. The minimum absolute atomic E-state index is 0.355. The Labute approximate surface area is 137 Å². The van der Waals surface area contributed by atoms with Gasteiger partial charge in [0.2, 0.25) is 0 Å². The predicted octanol–water partition coefficient (Wildman–Crippen LogP) is 4.26. The Balaban J connectivity index is 2.36. The molecule has 0 saturated heterocycles. The van der Waals surface area contributed by atoms with E-state index in [-0.39, 0.29) is 5.82 Å². The van der Waals surface area contributed by atoms with Gasteiger partial charge in [0.15, 0.2) is 0 Å². The van der Waals surface area contributed by atoms with Crippen molar-refractivity contribution in [3.05, 3.63) is 50.5 Å². The van der Waals surface area contributed by atoms with Crippen molar-refractivity contribution in [2.75, 3.05) is 0 Å². The Morgan fingerprint density at radius 1 is 1.43 bits per heavy atom. The fraction of sp³-hybridized carbons (Fsp3) is 0.400. The Kier molecular flexibility index (Phi) is 5.41. The number of benzene rings is 1. The molecule has 0 aliphatic rings. The third-order valence-electron chi connectivity index (χ3n) is 3.48. The minimum atomic E-state index is -0.512. The van der Waals surface area contributed by atoms with Gasteiger partial charge in [0, 0.05) is 29.6 Å². The molecular formula is C15H18BrClFN3. The van der Waals surface area contributed by atoms with Crippen LogP contribution in [0.5, 0.6) is 0 Å². The summed E-state index contributed by atoms with van der Waals surface area (Å²) in [6.07, 6.45) is 1.30. The second-order valence-electron chi connectivity index (χ2n) is 4.82. The third kappa shape index (κ3) is 3.30. The molecule has 2 rings (SSSR count). The number of halogens is 3. The first-order valence-electron chi connectivity index (χ1n) is 6.93. The fourth-order valence-electron chi connectivity index (χ4n) is 2.39. The van der Waals surface area contributed by atoms with Gasteiger partial charge < -0.3 is 5.73 Å². The van der Waals surface area contributed by atoms with E-state index in [0.717, 1.165) is 28.8 Å². The zero-order chi connectivity index (χ0) is 15.6. The van der Waals surface area contributed by atoms with Crippen LogP contribution in [0.2, 0.25) is 5.02 Å². The Bertz CT molecular complexity index is 622. The van der Waals surface area contributed by atoms with Gasteiger partial charge in [-0.05, 0) is 41.4 Å². The molecule has 0 aliphatic heterocycles. The molecule has 2 aromatic rings. The number of aromatic nitrogens is 2. The molecule has 0 aliphatic carbocycles. The van der Waals surface area contributed by atoms with Crippen molar-refractivity contribution in [2.45, 2.75) is 39.3 Å². The standard InChI is InChI=1S/C15H18BrClFN3/c1-3-12-15(16)13(21(4-2)20-12)8-11(19)14-9(17)6-5-7-10(14)18/h5-7,11H,3-4,8,19H2,1-2H3. The molecule has 0 bridgehead atoms. The van der Waals surface area contributed by atoms with Crippen LogP contribution in [0.3, 0.4) is 0 Å². The van der Waals surface area contributed by atoms with E-state index in [1.807, 2.05) is 18.5 Å². The average Bonchev–Trinajstić information content (AvgIpc) is 2.75. The molecule has 6 heteroatoms. The van der Waals surface area contributed by atoms with Crippen LogP contribution in [-0.4, -0.2) is 9.78 Å². The van der Waals surface area contributed by atoms with Crippen LogP contribution in [0, 0.1) is 5.82 Å². The highest BCUT2D eigenvalue weighted by Crippen LogP contribution is 2.30. The number of aryl methyl sites for hydroxylation is 2. The molecule has 0 fully saturated rings. The summed E-state index contributed by atoms with van der Waals surface area (Å²) in [5.74, 6) is -0.371. The summed E-state index contributed by atoms with van der Waals surface area (Å²) in [4.78, 5) is 0. The number of hydrogen-bond acceptors (Lipinski definition) is 2. The number of nitrogens with two attached hydrogens (primary N) is 1. The zero-order valence-corrected chi connectivity index (χ0v) is 14.4. The van der Waals surface area contributed by atoms with E-state index in [1.165, 1.54) is 6.07 Å². The molecule has 1 aromatic carbocycles. The summed E-state index contributed by atoms with van der Waals surface area (Å²) in [6, 6.07) is 4.10. The summed E-state index contributed by atoms with van der Waals surface area (Å²) in [5.41, 5.74) is 8.50. The minimum Gasteiger partial charge on any atom is -0.323 e. The van der Waals surface area contributed by atoms with Gasteiger partial charge in [-0.25, -0.2) is 4.39 Å². The molecule has 114 valence electrons. The average molecular weight is 375 g/mol. The SMILES string of the molecule is CCc1nn(CC)c(CC(N)c2c(F)cccc2Cl)c1Br. The van der Waals surface area contributed by atoms with E-state index in [4.69, 9.17) is 17.3 Å². The second kappa shape index (κ2) is 6.90. The van der Waals surface area contributed by atoms with E-state index >= 15 is 0 Å². The van der Waals surface area contributed by atoms with E-state index < -0.39 is 6.04 Å². The van der Waals surface area contributed by atoms with Crippen molar-refractivity contribution in [3.8, 4) is 0 Å². The van der Waals surface area contributed by atoms with Crippen LogP contribution < -0.4 is 5.73 Å². The number of hydrogen-bond donors (Lipinski definition) is 1. The van der Waals surface area contributed by atoms with Crippen LogP contribution in [0.1, 0.15) is 36.8 Å². The molecule has 1 aromatic heterocycles. The summed E-state index contributed by atoms with van der Waals surface area (Å²) >= 11 is 9.66. The van der Waals surface area contributed by atoms with Gasteiger partial charge in [0.1, 0.15) is 5.82 Å². The molecule has 1 atom stereocenters. The van der Waals surface area contributed by atoms with Crippen LogP contribution in [0.25, 0.3) is 0 Å². The van der Waals surface area contributed by atoms with E-state index in [1.54, 1.807) is 12.1 Å². The second-order valence-corrected chi connectivity index (χ2v) is 6.02. The van der Waals surface area contributed by atoms with Crippen LogP contribution in [-0.2, 0) is 19.4 Å². The molecule has 0 saturated carbocycles. The maximum absolute atomic E-state index is 14.0. The van der Waals surface area contributed by atoms with E-state index in [2.05, 4.69) is 21.0 Å². The van der Waals surface area contributed by atoms with Crippen LogP contribution >= 0.6 is 27.5 Å². The highest BCUT2D eigenvalue weighted by molar-refractivity contribution is 9.10. The quantitative estimate of drug-likeness (QED) is 0.849. The molecule has 0 spiro atoms. The summed E-state index contributed by atoms with van der Waals surface area (Å²) in [7, 11) is 0. The first-order chi connectivity index (χ1) is 9.99. The van der Waals surface area contributed by atoms with Crippen LogP contribution in [0.15, 0.2) is 22.7 Å². The van der Waals surface area contributed by atoms with Crippen molar-refractivity contribution in [2.24, 2.45) is 5.73 Å². The maximum atomic E-state index is 14.0. The van der Waals surface area contributed by atoms with Gasteiger partial charge >= 0.3 is 0 Å². The van der Waals surface area contributed by atoms with Crippen molar-refractivity contribution in [1.29, 1.82) is 0 Å². The van der Waals surface area contributed by atoms with Crippen molar-refractivity contribution >= 4 is 27.5 Å². The van der Waals surface area contributed by atoms with Gasteiger partial charge in [-0.1, -0.05) is 24.6 Å². The molecule has 21 heavy (non-hydrogen) atoms. The fourth-order valence-corrected chi connectivity index (χ4v) is 3.42. The first-order valence-corrected chi connectivity index (χ1v) is 8.10. The third-order valence-corrected chi connectivity index (χ3v) is 4.72. The summed E-state index contributed by atoms with van der Waals surface area (Å²) in [5, 5.41) is 4.88. The van der Waals surface area contributed by atoms with Crippen LogP contribution in [0.4, 0.5) is 4.39 Å². The first kappa shape index (κ1) is 16.5. The lowest BCUT2D eigenvalue weighted by molar-refractivity contribution is 0.554. The largest absolute Gasteiger partial charge is 0.323 e. The number of nitrogens with zero attached hydrogens (tertiary/aromatic N) is 2. The molecule has 1 unspecified atom stereocenters. The molecule has 2 N–H and O–H groups in total. The molecule has 3 nitrogen and oxygen atoms in total. The predicted molar refractivity (Wildman–Crippen MR) is 87.0 cm³/mol. The van der Waals surface area contributed by atoms with Gasteiger partial charge in [-0.3, -0.25) is 4.68 Å². The van der Waals surface area contributed by atoms with Gasteiger partial charge in [-0.2, -0.15) is 5.10 Å². The lowest BCUT2D eigenvalue weighted by Crippen LogP contribution is -2.18. The highest BCUT2D eigenvalue weighted by Gasteiger charge is 2.21. The molecule has 0 radical (unpaired) electrons. The Hall–Kier alpha value is -0.910. The Morgan fingerprint density at radius 3 is 2.71 bits per heavy atom. The van der Waals surface area contributed by atoms with Crippen molar-refractivity contribution in [3.63, 3.8) is 0 Å². The van der Waals surface area contributed by atoms with Crippen molar-refractivity contribution < 1.29 is 4.39 Å².